The Morgan fingerprint density at radius 2 is 1.02 bits per heavy atom. The van der Waals surface area contributed by atoms with Gasteiger partial charge in [-0.1, -0.05) is 97.1 Å². The first-order chi connectivity index (χ1) is 21.3. The summed E-state index contributed by atoms with van der Waals surface area (Å²) in [5.74, 6) is -1.89. The van der Waals surface area contributed by atoms with Gasteiger partial charge in [-0.15, -0.1) is 0 Å². The summed E-state index contributed by atoms with van der Waals surface area (Å²) >= 11 is 0. The number of nitrogens with zero attached hydrogens (tertiary/aromatic N) is 1. The van der Waals surface area contributed by atoms with Crippen molar-refractivity contribution >= 4 is 18.2 Å². The highest BCUT2D eigenvalue weighted by molar-refractivity contribution is 5.96. The average Bonchev–Trinajstić information content (AvgIpc) is 3.54. The molecule has 8 nitrogen and oxygen atoms in total. The molecule has 4 aromatic carbocycles. The van der Waals surface area contributed by atoms with E-state index in [1.807, 2.05) is 97.1 Å². The highest BCUT2D eigenvalue weighted by atomic mass is 16.6. The normalized spacial score (nSPS) is 14.5. The number of benzene rings is 4. The zero-order chi connectivity index (χ0) is 30.8. The van der Waals surface area contributed by atoms with Gasteiger partial charge in [0.15, 0.2) is 5.54 Å². The van der Waals surface area contributed by atoms with Crippen LogP contribution in [0.2, 0.25) is 0 Å². The van der Waals surface area contributed by atoms with Crippen LogP contribution in [0.15, 0.2) is 97.1 Å². The van der Waals surface area contributed by atoms with Crippen LogP contribution >= 0.6 is 0 Å². The zero-order valence-electron chi connectivity index (χ0n) is 24.4. The van der Waals surface area contributed by atoms with Gasteiger partial charge in [0, 0.05) is 11.8 Å². The number of nitrogens with two attached hydrogens (primary N) is 1. The lowest BCUT2D eigenvalue weighted by Crippen LogP contribution is -2.58. The Balaban J connectivity index is 1.26. The van der Waals surface area contributed by atoms with E-state index in [1.165, 1.54) is 6.92 Å². The summed E-state index contributed by atoms with van der Waals surface area (Å²) in [6, 6.07) is 31.6. The molecule has 0 aliphatic heterocycles. The molecule has 0 saturated carbocycles. The van der Waals surface area contributed by atoms with E-state index in [0.717, 1.165) is 44.5 Å². The Labute approximate surface area is 256 Å². The number of rotatable bonds is 9. The van der Waals surface area contributed by atoms with Crippen LogP contribution in [0.3, 0.4) is 0 Å². The van der Waals surface area contributed by atoms with E-state index in [1.54, 1.807) is 0 Å². The molecular weight excluding hydrogens is 556 g/mol. The average molecular weight is 591 g/mol. The molecule has 1 atom stereocenters. The topological polar surface area (TPSA) is 119 Å². The molecule has 44 heavy (non-hydrogen) atoms. The van der Waals surface area contributed by atoms with E-state index >= 15 is 0 Å². The Bertz CT molecular complexity index is 1530. The predicted octanol–water partition coefficient (Wildman–Crippen LogP) is 6.77. The number of carbonyl (C=O) groups excluding carboxylic acids is 2. The zero-order valence-corrected chi connectivity index (χ0v) is 24.4. The molecule has 0 saturated heterocycles. The van der Waals surface area contributed by atoms with E-state index in [9.17, 15) is 19.5 Å². The van der Waals surface area contributed by atoms with E-state index < -0.39 is 23.7 Å². The SMILES string of the molecule is CC(CCCN)(C(=O)O)N(C(=O)OCC1c2ccccc2-c2ccccc21)C(=O)OCC1c2ccccc2-c2ccccc21. The second kappa shape index (κ2) is 12.0. The summed E-state index contributed by atoms with van der Waals surface area (Å²) < 4.78 is 11.6. The van der Waals surface area contributed by atoms with E-state index in [4.69, 9.17) is 15.2 Å². The Morgan fingerprint density at radius 1 is 0.682 bits per heavy atom. The number of hydrogen-bond acceptors (Lipinski definition) is 6. The number of amides is 2. The number of imide groups is 1. The van der Waals surface area contributed by atoms with Crippen molar-refractivity contribution in [3.63, 3.8) is 0 Å². The Kier molecular flexibility index (Phi) is 7.93. The third-order valence-electron chi connectivity index (χ3n) is 8.86. The van der Waals surface area contributed by atoms with Crippen LogP contribution in [0, 0.1) is 0 Å². The van der Waals surface area contributed by atoms with Gasteiger partial charge < -0.3 is 20.3 Å². The molecule has 2 amide bonds. The van der Waals surface area contributed by atoms with Crippen molar-refractivity contribution < 1.29 is 29.0 Å². The summed E-state index contributed by atoms with van der Waals surface area (Å²) in [6.07, 6.45) is -1.95. The number of carbonyl (C=O) groups is 3. The molecular formula is C36H34N2O6. The van der Waals surface area contributed by atoms with Crippen LogP contribution in [-0.4, -0.2) is 53.5 Å². The maximum Gasteiger partial charge on any atom is 0.420 e. The first-order valence-corrected chi connectivity index (χ1v) is 14.8. The lowest BCUT2D eigenvalue weighted by atomic mass is 9.94. The standard InChI is InChI=1S/C36H34N2O6/c1-36(33(39)40,19-10-20-37)38(34(41)43-21-31-27-15-6-2-11-23(27)24-12-3-7-16-28(24)31)35(42)44-22-32-29-17-8-4-13-25(29)26-14-5-9-18-30(26)32/h2-9,11-18,31-32H,10,19-22,37H2,1H3,(H,39,40). The second-order valence-corrected chi connectivity index (χ2v) is 11.4. The van der Waals surface area contributed by atoms with Crippen molar-refractivity contribution in [1.29, 1.82) is 0 Å². The number of fused-ring (bicyclic) bond motifs is 6. The fourth-order valence-corrected chi connectivity index (χ4v) is 6.56. The minimum absolute atomic E-state index is 0.0623. The minimum atomic E-state index is -1.94. The summed E-state index contributed by atoms with van der Waals surface area (Å²) in [5.41, 5.74) is 12.0. The summed E-state index contributed by atoms with van der Waals surface area (Å²) in [4.78, 5) is 40.8. The first kappa shape index (κ1) is 29.1. The summed E-state index contributed by atoms with van der Waals surface area (Å²) in [6.45, 7) is 1.36. The van der Waals surface area contributed by atoms with Crippen LogP contribution in [0.1, 0.15) is 53.9 Å². The molecule has 0 aromatic heterocycles. The molecule has 224 valence electrons. The maximum absolute atomic E-state index is 13.8. The molecule has 0 heterocycles. The molecule has 0 spiro atoms. The van der Waals surface area contributed by atoms with E-state index in [2.05, 4.69) is 0 Å². The maximum atomic E-state index is 13.8. The molecule has 8 heteroatoms. The minimum Gasteiger partial charge on any atom is -0.479 e. The number of aliphatic carboxylic acids is 1. The molecule has 6 rings (SSSR count). The molecule has 2 aliphatic rings. The molecule has 0 fully saturated rings. The Hall–Kier alpha value is -4.95. The van der Waals surface area contributed by atoms with Crippen molar-refractivity contribution in [3.05, 3.63) is 119 Å². The van der Waals surface area contributed by atoms with Gasteiger partial charge >= 0.3 is 18.2 Å². The highest BCUT2D eigenvalue weighted by Crippen LogP contribution is 2.46. The molecule has 3 N–H and O–H groups in total. The van der Waals surface area contributed by atoms with Gasteiger partial charge in [-0.3, -0.25) is 0 Å². The van der Waals surface area contributed by atoms with Crippen molar-refractivity contribution in [3.8, 4) is 22.3 Å². The van der Waals surface area contributed by atoms with Crippen LogP contribution in [0.25, 0.3) is 22.3 Å². The summed E-state index contributed by atoms with van der Waals surface area (Å²) in [5, 5.41) is 10.3. The Morgan fingerprint density at radius 3 is 1.34 bits per heavy atom. The predicted molar refractivity (Wildman–Crippen MR) is 166 cm³/mol. The van der Waals surface area contributed by atoms with E-state index in [0.29, 0.717) is 4.90 Å². The number of ether oxygens (including phenoxy) is 2. The van der Waals surface area contributed by atoms with Gasteiger partial charge in [0.25, 0.3) is 0 Å². The second-order valence-electron chi connectivity index (χ2n) is 11.4. The largest absolute Gasteiger partial charge is 0.479 e. The third-order valence-corrected chi connectivity index (χ3v) is 8.86. The number of hydrogen-bond donors (Lipinski definition) is 2. The van der Waals surface area contributed by atoms with Gasteiger partial charge in [-0.2, -0.15) is 4.90 Å². The van der Waals surface area contributed by atoms with Gasteiger partial charge in [-0.05, 0) is 70.8 Å². The van der Waals surface area contributed by atoms with E-state index in [-0.39, 0.29) is 44.4 Å². The fourth-order valence-electron chi connectivity index (χ4n) is 6.56. The summed E-state index contributed by atoms with van der Waals surface area (Å²) in [7, 11) is 0. The number of carboxylic acids is 1. The lowest BCUT2D eigenvalue weighted by Gasteiger charge is -2.35. The lowest BCUT2D eigenvalue weighted by molar-refractivity contribution is -0.149. The van der Waals surface area contributed by atoms with Crippen molar-refractivity contribution in [2.24, 2.45) is 5.73 Å². The highest BCUT2D eigenvalue weighted by Gasteiger charge is 2.48. The van der Waals surface area contributed by atoms with Crippen molar-refractivity contribution in [1.82, 2.24) is 4.90 Å². The quantitative estimate of drug-likeness (QED) is 0.221. The first-order valence-electron chi connectivity index (χ1n) is 14.8. The fraction of sp³-hybridized carbons (Fsp3) is 0.250. The van der Waals surface area contributed by atoms with Crippen molar-refractivity contribution in [2.75, 3.05) is 19.8 Å². The van der Waals surface area contributed by atoms with Crippen LogP contribution in [-0.2, 0) is 14.3 Å². The van der Waals surface area contributed by atoms with Gasteiger partial charge in [0.05, 0.1) is 0 Å². The van der Waals surface area contributed by atoms with Gasteiger partial charge in [-0.25, -0.2) is 14.4 Å². The number of carboxylic acid groups (broad SMARTS) is 1. The molecule has 2 aliphatic carbocycles. The molecule has 0 radical (unpaired) electrons. The molecule has 4 aromatic rings. The van der Waals surface area contributed by atoms with Gasteiger partial charge in [0.2, 0.25) is 0 Å². The molecule has 1 unspecified atom stereocenters. The monoisotopic (exact) mass is 590 g/mol. The smallest absolute Gasteiger partial charge is 0.420 e. The van der Waals surface area contributed by atoms with Gasteiger partial charge in [0.1, 0.15) is 13.2 Å². The van der Waals surface area contributed by atoms with Crippen LogP contribution in [0.5, 0.6) is 0 Å². The molecule has 0 bridgehead atoms. The van der Waals surface area contributed by atoms with Crippen molar-refractivity contribution in [2.45, 2.75) is 37.1 Å². The van der Waals surface area contributed by atoms with Crippen LogP contribution < -0.4 is 5.73 Å². The van der Waals surface area contributed by atoms with Crippen LogP contribution in [0.4, 0.5) is 9.59 Å². The third kappa shape index (κ3) is 5.01.